The van der Waals surface area contributed by atoms with Gasteiger partial charge >= 0.3 is 6.18 Å². The number of anilines is 1. The topological polar surface area (TPSA) is 126 Å². The molecule has 0 radical (unpaired) electrons. The number of imidazole rings is 1. The summed E-state index contributed by atoms with van der Waals surface area (Å²) < 4.78 is 47.8. The van der Waals surface area contributed by atoms with E-state index in [-0.39, 0.29) is 35.5 Å². The van der Waals surface area contributed by atoms with Crippen LogP contribution in [0.3, 0.4) is 0 Å². The predicted molar refractivity (Wildman–Crippen MR) is 144 cm³/mol. The fourth-order valence-corrected chi connectivity index (χ4v) is 4.28. The first-order chi connectivity index (χ1) is 19.1. The molecule has 10 nitrogen and oxygen atoms in total. The van der Waals surface area contributed by atoms with Gasteiger partial charge in [-0.25, -0.2) is 19.6 Å². The summed E-state index contributed by atoms with van der Waals surface area (Å²) in [6.45, 7) is 5.97. The van der Waals surface area contributed by atoms with Crippen LogP contribution in [0.25, 0.3) is 22.1 Å². The number of alkyl halides is 3. The number of aryl methyl sites for hydroxylation is 1. The Morgan fingerprint density at radius 1 is 1.30 bits per heavy atom. The molecule has 0 saturated carbocycles. The first kappa shape index (κ1) is 28.3. The van der Waals surface area contributed by atoms with Crippen molar-refractivity contribution in [1.29, 1.82) is 0 Å². The van der Waals surface area contributed by atoms with Crippen molar-refractivity contribution < 1.29 is 22.7 Å². The van der Waals surface area contributed by atoms with E-state index < -0.39 is 12.0 Å². The highest BCUT2D eigenvalue weighted by atomic mass is 19.4. The van der Waals surface area contributed by atoms with Crippen LogP contribution >= 0.6 is 0 Å². The monoisotopic (exact) mass is 552 g/mol. The number of nitrogen functional groups attached to an aromatic ring is 1. The molecule has 208 valence electrons. The van der Waals surface area contributed by atoms with Crippen LogP contribution in [-0.4, -0.2) is 55.5 Å². The Morgan fingerprint density at radius 3 is 2.75 bits per heavy atom. The summed E-state index contributed by atoms with van der Waals surface area (Å²) in [6.07, 6.45) is 0.315. The third-order valence-electron chi connectivity index (χ3n) is 6.26. The second-order valence-corrected chi connectivity index (χ2v) is 8.88. The van der Waals surface area contributed by atoms with E-state index in [0.29, 0.717) is 35.1 Å². The summed E-state index contributed by atoms with van der Waals surface area (Å²) in [5.41, 5.74) is 8.77. The number of carbonyl (C=O) groups is 1. The third kappa shape index (κ3) is 5.81. The highest BCUT2D eigenvalue weighted by Crippen LogP contribution is 2.31. The van der Waals surface area contributed by atoms with Gasteiger partial charge in [-0.1, -0.05) is 18.6 Å². The van der Waals surface area contributed by atoms with Gasteiger partial charge in [0.25, 0.3) is 0 Å². The second kappa shape index (κ2) is 11.6. The first-order valence-electron chi connectivity index (χ1n) is 12.1. The zero-order chi connectivity index (χ0) is 29.0. The zero-order valence-corrected chi connectivity index (χ0v) is 22.1. The number of hydrogen-bond acceptors (Lipinski definition) is 7. The Kier molecular flexibility index (Phi) is 8.20. The van der Waals surface area contributed by atoms with Gasteiger partial charge in [0.15, 0.2) is 5.65 Å². The van der Waals surface area contributed by atoms with Crippen LogP contribution < -0.4 is 11.1 Å². The van der Waals surface area contributed by atoms with Crippen LogP contribution in [0.15, 0.2) is 48.8 Å². The molecule has 0 fully saturated rings. The number of fused-ring (bicyclic) bond motifs is 2. The molecule has 0 saturated heterocycles. The van der Waals surface area contributed by atoms with Crippen molar-refractivity contribution in [3.05, 3.63) is 65.9 Å². The van der Waals surface area contributed by atoms with Gasteiger partial charge in [-0.2, -0.15) is 18.3 Å². The molecule has 1 aromatic carbocycles. The van der Waals surface area contributed by atoms with Crippen molar-refractivity contribution >= 4 is 33.8 Å². The molecular formula is C27H27F3N8O2. The number of nitrogens with two attached hydrogens (primary N) is 1. The zero-order valence-electron chi connectivity index (χ0n) is 22.1. The van der Waals surface area contributed by atoms with E-state index in [2.05, 4.69) is 43.8 Å². The van der Waals surface area contributed by atoms with Crippen molar-refractivity contribution in [2.75, 3.05) is 26.0 Å². The Labute approximate surface area is 227 Å². The quantitative estimate of drug-likeness (QED) is 0.195. The highest BCUT2D eigenvalue weighted by molar-refractivity contribution is 5.91. The van der Waals surface area contributed by atoms with Crippen LogP contribution in [-0.2, 0) is 22.8 Å². The van der Waals surface area contributed by atoms with Gasteiger partial charge in [-0.05, 0) is 49.1 Å². The van der Waals surface area contributed by atoms with E-state index >= 15 is 0 Å². The fourth-order valence-electron chi connectivity index (χ4n) is 4.28. The lowest BCUT2D eigenvalue weighted by Gasteiger charge is -2.20. The van der Waals surface area contributed by atoms with E-state index in [1.165, 1.54) is 31.6 Å². The molecule has 1 amide bonds. The molecule has 4 rings (SSSR count). The maximum Gasteiger partial charge on any atom is 0.449 e. The normalized spacial score (nSPS) is 12.8. The summed E-state index contributed by atoms with van der Waals surface area (Å²) in [6, 6.07) is 4.23. The first-order valence-corrected chi connectivity index (χ1v) is 12.1. The van der Waals surface area contributed by atoms with E-state index in [1.807, 2.05) is 13.0 Å². The van der Waals surface area contributed by atoms with Crippen LogP contribution in [0, 0.1) is 11.8 Å². The van der Waals surface area contributed by atoms with E-state index in [9.17, 15) is 18.0 Å². The number of benzene rings is 1. The number of halogens is 3. The molecule has 3 aromatic heterocycles. The fraction of sp³-hybridized carbons (Fsp3) is 0.296. The Morgan fingerprint density at radius 2 is 2.08 bits per heavy atom. The van der Waals surface area contributed by atoms with E-state index in [1.54, 1.807) is 17.9 Å². The van der Waals surface area contributed by atoms with Crippen LogP contribution in [0.5, 0.6) is 0 Å². The minimum absolute atomic E-state index is 0.160. The number of nitrogens with one attached hydrogen (secondary N) is 1. The van der Waals surface area contributed by atoms with Gasteiger partial charge in [0.2, 0.25) is 11.7 Å². The standard InChI is InChI=1S/C27H27F3N8O2/c1-5-16(14-40-4)11-18(13-32-22(39)6-2)38-25-23(24(31)33-15-34-25)19(36-38)9-7-17-8-10-21-20(12-17)35-26(37(21)3)27(28,29)30/h5-6,8,10,12,15,18H,2,11,13-14H2,1,3-4H3,(H,32,39)(H2,31,33,34)/b16-5-/t18-/m0/s1. The number of amides is 1. The number of methoxy groups -OCH3 is 1. The van der Waals surface area contributed by atoms with Crippen molar-refractivity contribution in [2.45, 2.75) is 25.6 Å². The molecule has 1 atom stereocenters. The number of carbonyl (C=O) groups excluding carboxylic acids is 1. The third-order valence-corrected chi connectivity index (χ3v) is 6.26. The highest BCUT2D eigenvalue weighted by Gasteiger charge is 2.36. The summed E-state index contributed by atoms with van der Waals surface area (Å²) in [7, 11) is 2.90. The molecule has 0 bridgehead atoms. The lowest BCUT2D eigenvalue weighted by molar-refractivity contribution is -0.146. The van der Waals surface area contributed by atoms with Crippen molar-refractivity contribution in [2.24, 2.45) is 7.05 Å². The van der Waals surface area contributed by atoms with Crippen molar-refractivity contribution in [3.8, 4) is 11.8 Å². The average Bonchev–Trinajstić information content (AvgIpc) is 3.47. The maximum atomic E-state index is 13.3. The van der Waals surface area contributed by atoms with Crippen LogP contribution in [0.4, 0.5) is 19.0 Å². The maximum absolute atomic E-state index is 13.3. The molecule has 0 aliphatic heterocycles. The van der Waals surface area contributed by atoms with Crippen LogP contribution in [0.1, 0.15) is 36.5 Å². The van der Waals surface area contributed by atoms with Gasteiger partial charge in [0.05, 0.1) is 29.1 Å². The molecule has 0 spiro atoms. The number of rotatable bonds is 8. The average molecular weight is 553 g/mol. The summed E-state index contributed by atoms with van der Waals surface area (Å²) >= 11 is 0. The molecule has 40 heavy (non-hydrogen) atoms. The van der Waals surface area contributed by atoms with Gasteiger partial charge in [-0.3, -0.25) is 4.79 Å². The van der Waals surface area contributed by atoms with Gasteiger partial charge in [0.1, 0.15) is 17.8 Å². The SMILES string of the molecule is C=CC(=O)NC[C@H](C/C(=C/C)COC)n1nc(C#Cc2ccc3c(c2)nc(C(F)(F)F)n3C)c2c(N)ncnc21. The molecule has 0 aliphatic rings. The summed E-state index contributed by atoms with van der Waals surface area (Å²) in [5, 5.41) is 7.89. The Balaban J connectivity index is 1.78. The number of nitrogens with zero attached hydrogens (tertiary/aromatic N) is 6. The molecule has 3 heterocycles. The minimum atomic E-state index is -4.58. The van der Waals surface area contributed by atoms with E-state index in [0.717, 1.165) is 10.1 Å². The smallest absolute Gasteiger partial charge is 0.383 e. The lowest BCUT2D eigenvalue weighted by atomic mass is 10.1. The largest absolute Gasteiger partial charge is 0.449 e. The molecular weight excluding hydrogens is 525 g/mol. The van der Waals surface area contributed by atoms with Crippen molar-refractivity contribution in [3.63, 3.8) is 0 Å². The van der Waals surface area contributed by atoms with Crippen LogP contribution in [0.2, 0.25) is 0 Å². The Bertz CT molecular complexity index is 1670. The van der Waals surface area contributed by atoms with Gasteiger partial charge in [0, 0.05) is 26.3 Å². The van der Waals surface area contributed by atoms with Gasteiger partial charge in [-0.15, -0.1) is 0 Å². The summed E-state index contributed by atoms with van der Waals surface area (Å²) in [5.74, 6) is 4.73. The predicted octanol–water partition coefficient (Wildman–Crippen LogP) is 3.54. The minimum Gasteiger partial charge on any atom is -0.383 e. The Hall–Kier alpha value is -4.70. The second-order valence-electron chi connectivity index (χ2n) is 8.88. The molecule has 13 heteroatoms. The number of allylic oxidation sites excluding steroid dienone is 1. The van der Waals surface area contributed by atoms with E-state index in [4.69, 9.17) is 10.5 Å². The summed E-state index contributed by atoms with van der Waals surface area (Å²) in [4.78, 5) is 24.1. The molecule has 3 N–H and O–H groups in total. The molecule has 0 aliphatic carbocycles. The van der Waals surface area contributed by atoms with Crippen molar-refractivity contribution in [1.82, 2.24) is 34.6 Å². The molecule has 0 unspecified atom stereocenters. The van der Waals surface area contributed by atoms with Gasteiger partial charge < -0.3 is 20.4 Å². The number of ether oxygens (including phenoxy) is 1. The molecule has 4 aromatic rings. The number of aromatic nitrogens is 6. The number of hydrogen-bond donors (Lipinski definition) is 2. The lowest BCUT2D eigenvalue weighted by Crippen LogP contribution is -2.30.